The van der Waals surface area contributed by atoms with Crippen LogP contribution in [-0.2, 0) is 11.2 Å². The molecule has 0 aliphatic rings. The van der Waals surface area contributed by atoms with Gasteiger partial charge in [-0.25, -0.2) is 0 Å². The molecular weight excluding hydrogens is 260 g/mol. The molecule has 0 atom stereocenters. The van der Waals surface area contributed by atoms with Crippen molar-refractivity contribution < 1.29 is 4.79 Å². The van der Waals surface area contributed by atoms with E-state index in [4.69, 9.17) is 11.6 Å². The zero-order valence-electron chi connectivity index (χ0n) is 11.3. The maximum Gasteiger partial charge on any atom is 0.226 e. The zero-order valence-corrected chi connectivity index (χ0v) is 12.1. The normalized spacial score (nSPS) is 11.6. The number of benzene rings is 1. The van der Waals surface area contributed by atoms with Gasteiger partial charge in [-0.2, -0.15) is 0 Å². The third kappa shape index (κ3) is 3.93. The predicted molar refractivity (Wildman–Crippen MR) is 78.4 cm³/mol. The molecule has 0 saturated carbocycles. The van der Waals surface area contributed by atoms with Gasteiger partial charge in [0.1, 0.15) is 0 Å². The lowest BCUT2D eigenvalue weighted by molar-refractivity contribution is -0.121. The molecule has 1 aromatic heterocycles. The van der Waals surface area contributed by atoms with Gasteiger partial charge in [-0.1, -0.05) is 17.7 Å². The Morgan fingerprint density at radius 3 is 2.68 bits per heavy atom. The van der Waals surface area contributed by atoms with Crippen molar-refractivity contribution in [2.24, 2.45) is 0 Å². The highest BCUT2D eigenvalue weighted by molar-refractivity contribution is 6.31. The molecule has 2 aromatic rings. The summed E-state index contributed by atoms with van der Waals surface area (Å²) in [6.45, 7) is 5.88. The highest BCUT2D eigenvalue weighted by Gasteiger charge is 2.14. The summed E-state index contributed by atoms with van der Waals surface area (Å²) < 4.78 is 0. The number of hydrogen-bond donors (Lipinski definition) is 1. The van der Waals surface area contributed by atoms with Gasteiger partial charge in [0, 0.05) is 15.9 Å². The van der Waals surface area contributed by atoms with Crippen molar-refractivity contribution in [3.05, 3.63) is 41.0 Å². The maximum absolute atomic E-state index is 11.8. The van der Waals surface area contributed by atoms with Crippen molar-refractivity contribution in [3.63, 3.8) is 0 Å². The van der Waals surface area contributed by atoms with E-state index < -0.39 is 0 Å². The fraction of sp³-hybridized carbons (Fsp3) is 0.333. The van der Waals surface area contributed by atoms with Gasteiger partial charge in [-0.05, 0) is 45.0 Å². The van der Waals surface area contributed by atoms with Crippen molar-refractivity contribution in [3.8, 4) is 0 Å². The molecule has 0 aliphatic carbocycles. The minimum Gasteiger partial charge on any atom is -0.351 e. The Kier molecular flexibility index (Phi) is 3.76. The number of amides is 1. The molecule has 19 heavy (non-hydrogen) atoms. The Labute approximate surface area is 118 Å². The molecule has 0 aliphatic heterocycles. The SMILES string of the molecule is CC(C)(C)NC(=O)Cc1ccc2cc(Cl)ccc2n1. The van der Waals surface area contributed by atoms with Gasteiger partial charge in [-0.15, -0.1) is 0 Å². The molecule has 1 aromatic carbocycles. The standard InChI is InChI=1S/C15H17ClN2O/c1-15(2,3)18-14(19)9-12-6-4-10-8-11(16)5-7-13(10)17-12/h4-8H,9H2,1-3H3,(H,18,19). The van der Waals surface area contributed by atoms with Crippen molar-refractivity contribution in [2.45, 2.75) is 32.7 Å². The second-order valence-electron chi connectivity index (χ2n) is 5.61. The molecule has 1 heterocycles. The van der Waals surface area contributed by atoms with Gasteiger partial charge in [0.2, 0.25) is 5.91 Å². The summed E-state index contributed by atoms with van der Waals surface area (Å²) in [5, 5.41) is 4.59. The first-order valence-electron chi connectivity index (χ1n) is 6.20. The highest BCUT2D eigenvalue weighted by atomic mass is 35.5. The second kappa shape index (κ2) is 5.17. The quantitative estimate of drug-likeness (QED) is 0.914. The van der Waals surface area contributed by atoms with Gasteiger partial charge < -0.3 is 5.32 Å². The van der Waals surface area contributed by atoms with Crippen molar-refractivity contribution in [1.29, 1.82) is 0 Å². The van der Waals surface area contributed by atoms with E-state index >= 15 is 0 Å². The van der Waals surface area contributed by atoms with E-state index in [0.29, 0.717) is 5.02 Å². The Balaban J connectivity index is 2.18. The number of nitrogens with zero attached hydrogens (tertiary/aromatic N) is 1. The number of halogens is 1. The van der Waals surface area contributed by atoms with E-state index in [-0.39, 0.29) is 17.9 Å². The highest BCUT2D eigenvalue weighted by Crippen LogP contribution is 2.18. The Morgan fingerprint density at radius 2 is 2.00 bits per heavy atom. The van der Waals surface area contributed by atoms with Crippen LogP contribution < -0.4 is 5.32 Å². The second-order valence-corrected chi connectivity index (χ2v) is 6.05. The minimum atomic E-state index is -0.221. The van der Waals surface area contributed by atoms with E-state index in [2.05, 4.69) is 10.3 Å². The van der Waals surface area contributed by atoms with Gasteiger partial charge >= 0.3 is 0 Å². The van der Waals surface area contributed by atoms with Crippen molar-refractivity contribution >= 4 is 28.4 Å². The summed E-state index contributed by atoms with van der Waals surface area (Å²) in [6.07, 6.45) is 0.288. The molecule has 0 fully saturated rings. The number of aromatic nitrogens is 1. The molecule has 0 spiro atoms. The van der Waals surface area contributed by atoms with Crippen LogP contribution >= 0.6 is 11.6 Å². The minimum absolute atomic E-state index is 0.0201. The molecule has 0 saturated heterocycles. The Hall–Kier alpha value is -1.61. The number of pyridine rings is 1. The lowest BCUT2D eigenvalue weighted by atomic mass is 10.1. The number of rotatable bonds is 2. The molecule has 0 bridgehead atoms. The summed E-state index contributed by atoms with van der Waals surface area (Å²) in [4.78, 5) is 16.3. The molecule has 0 radical (unpaired) electrons. The average Bonchev–Trinajstić information content (AvgIpc) is 2.26. The molecule has 3 nitrogen and oxygen atoms in total. The lowest BCUT2D eigenvalue weighted by Gasteiger charge is -2.20. The first-order chi connectivity index (χ1) is 8.83. The van der Waals surface area contributed by atoms with Crippen LogP contribution in [0.2, 0.25) is 5.02 Å². The lowest BCUT2D eigenvalue weighted by Crippen LogP contribution is -2.41. The topological polar surface area (TPSA) is 42.0 Å². The Morgan fingerprint density at radius 1 is 1.26 bits per heavy atom. The Bertz CT molecular complexity index is 617. The summed E-state index contributed by atoms with van der Waals surface area (Å²) in [5.41, 5.74) is 1.39. The third-order valence-corrected chi connectivity index (χ3v) is 2.80. The zero-order chi connectivity index (χ0) is 14.0. The van der Waals surface area contributed by atoms with Crippen LogP contribution in [0.4, 0.5) is 0 Å². The summed E-state index contributed by atoms with van der Waals surface area (Å²) in [6, 6.07) is 9.33. The van der Waals surface area contributed by atoms with Gasteiger partial charge in [0.05, 0.1) is 17.6 Å². The first-order valence-corrected chi connectivity index (χ1v) is 6.57. The van der Waals surface area contributed by atoms with E-state index in [1.54, 1.807) is 6.07 Å². The van der Waals surface area contributed by atoms with Crippen LogP contribution in [0.3, 0.4) is 0 Å². The molecular formula is C15H17ClN2O. The van der Waals surface area contributed by atoms with E-state index in [1.165, 1.54) is 0 Å². The monoisotopic (exact) mass is 276 g/mol. The van der Waals surface area contributed by atoms with Gasteiger partial charge in [-0.3, -0.25) is 9.78 Å². The largest absolute Gasteiger partial charge is 0.351 e. The number of hydrogen-bond acceptors (Lipinski definition) is 2. The van der Waals surface area contributed by atoms with Crippen molar-refractivity contribution in [2.75, 3.05) is 0 Å². The molecule has 100 valence electrons. The van der Waals surface area contributed by atoms with Crippen LogP contribution in [0, 0.1) is 0 Å². The number of carbonyl (C=O) groups excluding carboxylic acids is 1. The predicted octanol–water partition coefficient (Wildman–Crippen LogP) is 3.35. The number of fused-ring (bicyclic) bond motifs is 1. The van der Waals surface area contributed by atoms with Crippen LogP contribution in [0.25, 0.3) is 10.9 Å². The third-order valence-electron chi connectivity index (χ3n) is 2.57. The average molecular weight is 277 g/mol. The molecule has 4 heteroatoms. The molecule has 1 N–H and O–H groups in total. The van der Waals surface area contributed by atoms with E-state index in [0.717, 1.165) is 16.6 Å². The summed E-state index contributed by atoms with van der Waals surface area (Å²) >= 11 is 5.92. The maximum atomic E-state index is 11.8. The summed E-state index contributed by atoms with van der Waals surface area (Å²) in [5.74, 6) is -0.0201. The molecule has 0 unspecified atom stereocenters. The van der Waals surface area contributed by atoms with Crippen LogP contribution in [0.15, 0.2) is 30.3 Å². The van der Waals surface area contributed by atoms with Crippen LogP contribution in [0.5, 0.6) is 0 Å². The van der Waals surface area contributed by atoms with E-state index in [1.807, 2.05) is 45.0 Å². The fourth-order valence-electron chi connectivity index (χ4n) is 1.86. The fourth-order valence-corrected chi connectivity index (χ4v) is 2.04. The molecule has 2 rings (SSSR count). The van der Waals surface area contributed by atoms with Crippen molar-refractivity contribution in [1.82, 2.24) is 10.3 Å². The van der Waals surface area contributed by atoms with Gasteiger partial charge in [0.15, 0.2) is 0 Å². The first kappa shape index (κ1) is 13.8. The van der Waals surface area contributed by atoms with E-state index in [9.17, 15) is 4.79 Å². The number of carbonyl (C=O) groups is 1. The van der Waals surface area contributed by atoms with Gasteiger partial charge in [0.25, 0.3) is 0 Å². The molecule has 1 amide bonds. The number of nitrogens with one attached hydrogen (secondary N) is 1. The van der Waals surface area contributed by atoms with Crippen LogP contribution in [-0.4, -0.2) is 16.4 Å². The smallest absolute Gasteiger partial charge is 0.226 e. The summed E-state index contributed by atoms with van der Waals surface area (Å²) in [7, 11) is 0. The van der Waals surface area contributed by atoms with Crippen LogP contribution in [0.1, 0.15) is 26.5 Å².